The van der Waals surface area contributed by atoms with E-state index in [1.54, 1.807) is 12.3 Å². The van der Waals surface area contributed by atoms with Gasteiger partial charge in [-0.2, -0.15) is 23.5 Å². The van der Waals surface area contributed by atoms with Crippen molar-refractivity contribution in [2.24, 2.45) is 0 Å². The van der Waals surface area contributed by atoms with E-state index in [1.165, 1.54) is 18.6 Å². The van der Waals surface area contributed by atoms with Gasteiger partial charge in [-0.15, -0.1) is 0 Å². The molecule has 0 spiro atoms. The maximum Gasteiger partial charge on any atom is 0.242 e. The average Bonchev–Trinajstić information content (AvgIpc) is 3.20. The van der Waals surface area contributed by atoms with Crippen LogP contribution >= 0.6 is 23.5 Å². The number of hydrogen-bond acceptors (Lipinski definition) is 5. The third-order valence-electron chi connectivity index (χ3n) is 3.57. The van der Waals surface area contributed by atoms with E-state index in [-0.39, 0.29) is 0 Å². The lowest BCUT2D eigenvalue weighted by molar-refractivity contribution is 0.581. The highest BCUT2D eigenvalue weighted by Gasteiger charge is 2.22. The molecule has 1 atom stereocenters. The lowest BCUT2D eigenvalue weighted by atomic mass is 10.4. The van der Waals surface area contributed by atoms with Gasteiger partial charge in [0.15, 0.2) is 0 Å². The first-order valence-electron chi connectivity index (χ1n) is 7.23. The maximum atomic E-state index is 12.3. The second-order valence-electron chi connectivity index (χ2n) is 5.44. The van der Waals surface area contributed by atoms with Gasteiger partial charge in [0, 0.05) is 53.5 Å². The van der Waals surface area contributed by atoms with Crippen molar-refractivity contribution in [3.63, 3.8) is 0 Å². The fourth-order valence-electron chi connectivity index (χ4n) is 2.16. The molecule has 21 heavy (non-hydrogen) atoms. The summed E-state index contributed by atoms with van der Waals surface area (Å²) < 4.78 is 27.3. The second kappa shape index (κ2) is 6.95. The molecule has 1 aromatic heterocycles. The maximum absolute atomic E-state index is 12.3. The lowest BCUT2D eigenvalue weighted by Gasteiger charge is -2.20. The number of thioether (sulfide) groups is 2. The van der Waals surface area contributed by atoms with Gasteiger partial charge < -0.3 is 10.3 Å². The van der Waals surface area contributed by atoms with Gasteiger partial charge in [0.25, 0.3) is 0 Å². The third-order valence-corrected chi connectivity index (χ3v) is 7.82. The molecule has 0 aromatic carbocycles. The highest BCUT2D eigenvalue weighted by molar-refractivity contribution is 8.06. The summed E-state index contributed by atoms with van der Waals surface area (Å²) in [5, 5.41) is 3.75. The third kappa shape index (κ3) is 4.66. The van der Waals surface area contributed by atoms with Crippen LogP contribution in [0.4, 0.5) is 0 Å². The van der Waals surface area contributed by atoms with Crippen molar-refractivity contribution < 1.29 is 8.42 Å². The van der Waals surface area contributed by atoms with E-state index in [2.05, 4.69) is 15.0 Å². The van der Waals surface area contributed by atoms with Crippen LogP contribution in [0.1, 0.15) is 18.5 Å². The summed E-state index contributed by atoms with van der Waals surface area (Å²) in [6, 6.07) is 2.34. The second-order valence-corrected chi connectivity index (χ2v) is 9.76. The molecule has 0 bridgehead atoms. The van der Waals surface area contributed by atoms with Crippen molar-refractivity contribution >= 4 is 33.5 Å². The van der Waals surface area contributed by atoms with Gasteiger partial charge in [-0.3, -0.25) is 0 Å². The molecule has 1 aliphatic heterocycles. The van der Waals surface area contributed by atoms with Crippen LogP contribution in [0.5, 0.6) is 0 Å². The molecule has 1 aliphatic carbocycles. The van der Waals surface area contributed by atoms with Crippen molar-refractivity contribution in [3.05, 3.63) is 18.0 Å². The number of aromatic nitrogens is 1. The van der Waals surface area contributed by atoms with Crippen LogP contribution in [0.2, 0.25) is 0 Å². The fraction of sp³-hybridized carbons (Fsp3) is 0.692. The summed E-state index contributed by atoms with van der Waals surface area (Å²) in [6.07, 6.45) is 4.03. The van der Waals surface area contributed by atoms with Gasteiger partial charge in [-0.05, 0) is 18.9 Å². The van der Waals surface area contributed by atoms with E-state index in [0.717, 1.165) is 17.2 Å². The minimum Gasteiger partial charge on any atom is -0.363 e. The lowest BCUT2D eigenvalue weighted by Crippen LogP contribution is -2.33. The average molecular weight is 348 g/mol. The molecule has 118 valence electrons. The molecule has 0 radical (unpaired) electrons. The Hall–Kier alpha value is -0.150. The number of aromatic amines is 1. The van der Waals surface area contributed by atoms with E-state index >= 15 is 0 Å². The summed E-state index contributed by atoms with van der Waals surface area (Å²) >= 11 is 3.76. The van der Waals surface area contributed by atoms with E-state index in [9.17, 15) is 8.42 Å². The largest absolute Gasteiger partial charge is 0.363 e. The Morgan fingerprint density at radius 2 is 2.19 bits per heavy atom. The smallest absolute Gasteiger partial charge is 0.242 e. The minimum atomic E-state index is -3.39. The molecule has 0 amide bonds. The zero-order valence-corrected chi connectivity index (χ0v) is 14.2. The van der Waals surface area contributed by atoms with Crippen molar-refractivity contribution in [2.75, 3.05) is 23.8 Å². The summed E-state index contributed by atoms with van der Waals surface area (Å²) in [7, 11) is -3.39. The molecule has 1 saturated carbocycles. The molecular formula is C13H21N3O2S3. The Labute approximate surface area is 134 Å². The first-order valence-corrected chi connectivity index (χ1v) is 10.9. The van der Waals surface area contributed by atoms with Crippen LogP contribution in [0.25, 0.3) is 0 Å². The predicted molar refractivity (Wildman–Crippen MR) is 89.4 cm³/mol. The van der Waals surface area contributed by atoms with Gasteiger partial charge in [0.2, 0.25) is 10.0 Å². The molecule has 2 fully saturated rings. The standard InChI is InChI=1S/C13H21N3O2S3/c17-21(18,16-7-12-9-19-3-4-20-12)13-5-11(15-8-13)6-14-10-1-2-10/h5,8,10,12,14-16H,1-4,6-7,9H2. The van der Waals surface area contributed by atoms with Crippen LogP contribution in [0.15, 0.2) is 17.2 Å². The molecule has 2 aliphatic rings. The van der Waals surface area contributed by atoms with Crippen LogP contribution < -0.4 is 10.0 Å². The van der Waals surface area contributed by atoms with E-state index in [1.807, 2.05) is 23.5 Å². The zero-order chi connectivity index (χ0) is 14.7. The monoisotopic (exact) mass is 347 g/mol. The van der Waals surface area contributed by atoms with E-state index in [0.29, 0.717) is 29.3 Å². The molecule has 3 N–H and O–H groups in total. The molecule has 8 heteroatoms. The molecular weight excluding hydrogens is 326 g/mol. The Morgan fingerprint density at radius 3 is 2.90 bits per heavy atom. The topological polar surface area (TPSA) is 74.0 Å². The van der Waals surface area contributed by atoms with Gasteiger partial charge in [-0.1, -0.05) is 0 Å². The quantitative estimate of drug-likeness (QED) is 0.695. The Kier molecular flexibility index (Phi) is 5.21. The first kappa shape index (κ1) is 15.7. The summed E-state index contributed by atoms with van der Waals surface area (Å²) in [4.78, 5) is 3.38. The van der Waals surface area contributed by atoms with Gasteiger partial charge in [0.1, 0.15) is 0 Å². The van der Waals surface area contributed by atoms with Crippen molar-refractivity contribution in [2.45, 2.75) is 35.6 Å². The predicted octanol–water partition coefficient (Wildman–Crippen LogP) is 1.39. The van der Waals surface area contributed by atoms with Crippen molar-refractivity contribution in [1.82, 2.24) is 15.0 Å². The number of hydrogen-bond donors (Lipinski definition) is 3. The number of nitrogens with one attached hydrogen (secondary N) is 3. The molecule has 1 aromatic rings. The molecule has 1 unspecified atom stereocenters. The fourth-order valence-corrected chi connectivity index (χ4v) is 5.97. The highest BCUT2D eigenvalue weighted by Crippen LogP contribution is 2.24. The summed E-state index contributed by atoms with van der Waals surface area (Å²) in [5.74, 6) is 3.30. The highest BCUT2D eigenvalue weighted by atomic mass is 32.2. The normalized spacial score (nSPS) is 23.3. The van der Waals surface area contributed by atoms with Crippen LogP contribution in [0.3, 0.4) is 0 Å². The SMILES string of the molecule is O=S(=O)(NCC1CSCCS1)c1c[nH]c(CNC2CC2)c1. The Bertz CT molecular complexity index is 563. The van der Waals surface area contributed by atoms with Crippen LogP contribution in [-0.4, -0.2) is 48.5 Å². The zero-order valence-electron chi connectivity index (χ0n) is 11.8. The van der Waals surface area contributed by atoms with E-state index in [4.69, 9.17) is 0 Å². The first-order chi connectivity index (χ1) is 10.1. The van der Waals surface area contributed by atoms with E-state index < -0.39 is 10.0 Å². The van der Waals surface area contributed by atoms with Crippen LogP contribution in [0, 0.1) is 0 Å². The summed E-state index contributed by atoms with van der Waals surface area (Å²) in [5.41, 5.74) is 0.921. The van der Waals surface area contributed by atoms with Gasteiger partial charge >= 0.3 is 0 Å². The number of H-pyrrole nitrogens is 1. The van der Waals surface area contributed by atoms with Crippen molar-refractivity contribution in [3.8, 4) is 0 Å². The molecule has 2 heterocycles. The minimum absolute atomic E-state index is 0.337. The number of rotatable bonds is 7. The Balaban J connectivity index is 1.53. The number of sulfonamides is 1. The van der Waals surface area contributed by atoms with Crippen LogP contribution in [-0.2, 0) is 16.6 Å². The van der Waals surface area contributed by atoms with Gasteiger partial charge in [0.05, 0.1) is 4.90 Å². The molecule has 5 nitrogen and oxygen atoms in total. The Morgan fingerprint density at radius 1 is 1.33 bits per heavy atom. The molecule has 3 rings (SSSR count). The van der Waals surface area contributed by atoms with Crippen molar-refractivity contribution in [1.29, 1.82) is 0 Å². The van der Waals surface area contributed by atoms with Gasteiger partial charge in [-0.25, -0.2) is 13.1 Å². The summed E-state index contributed by atoms with van der Waals surface area (Å²) in [6.45, 7) is 1.22. The molecule has 1 saturated heterocycles.